The van der Waals surface area contributed by atoms with E-state index in [0.29, 0.717) is 18.0 Å². The van der Waals surface area contributed by atoms with Crippen LogP contribution < -0.4 is 10.6 Å². The fourth-order valence-electron chi connectivity index (χ4n) is 2.83. The standard InChI is InChI=1S/C18H37N5O/c1-7-15(4)21-18(20-12-17(24)22(5)6)19-11-16-9-8-10-23(16)13-14(2)3/h14-16H,7-13H2,1-6H3,(H2,19,20,21)/t15?,16-/m1/s1. The summed E-state index contributed by atoms with van der Waals surface area (Å²) < 4.78 is 0. The predicted octanol–water partition coefficient (Wildman–Crippen LogP) is 1.53. The molecule has 0 spiro atoms. The minimum absolute atomic E-state index is 0.0163. The molecule has 0 aromatic carbocycles. The zero-order valence-corrected chi connectivity index (χ0v) is 16.4. The van der Waals surface area contributed by atoms with Crippen LogP contribution in [0.25, 0.3) is 0 Å². The van der Waals surface area contributed by atoms with Crippen LogP contribution in [0.4, 0.5) is 0 Å². The molecule has 140 valence electrons. The first-order valence-corrected chi connectivity index (χ1v) is 9.32. The third-order valence-electron chi connectivity index (χ3n) is 4.47. The van der Waals surface area contributed by atoms with Gasteiger partial charge in [-0.15, -0.1) is 0 Å². The molecule has 0 bridgehead atoms. The Labute approximate surface area is 148 Å². The highest BCUT2D eigenvalue weighted by Crippen LogP contribution is 2.17. The molecule has 0 aromatic heterocycles. The minimum Gasteiger partial charge on any atom is -0.355 e. The highest BCUT2D eigenvalue weighted by atomic mass is 16.2. The molecule has 0 aliphatic carbocycles. The maximum absolute atomic E-state index is 11.8. The Balaban J connectivity index is 2.60. The number of nitrogens with one attached hydrogen (secondary N) is 2. The molecule has 1 saturated heterocycles. The molecule has 1 aliphatic rings. The van der Waals surface area contributed by atoms with Crippen LogP contribution in [0.1, 0.15) is 47.0 Å². The topological polar surface area (TPSA) is 60.0 Å². The molecular weight excluding hydrogens is 302 g/mol. The molecule has 2 N–H and O–H groups in total. The van der Waals surface area contributed by atoms with E-state index in [1.807, 2.05) is 0 Å². The summed E-state index contributed by atoms with van der Waals surface area (Å²) in [5.41, 5.74) is 0. The van der Waals surface area contributed by atoms with E-state index in [9.17, 15) is 4.79 Å². The number of carbonyl (C=O) groups is 1. The molecule has 1 fully saturated rings. The van der Waals surface area contributed by atoms with Crippen LogP contribution in [0.3, 0.4) is 0 Å². The average molecular weight is 340 g/mol. The Morgan fingerprint density at radius 2 is 2.04 bits per heavy atom. The molecule has 0 saturated carbocycles. The van der Waals surface area contributed by atoms with Gasteiger partial charge in [0, 0.05) is 39.3 Å². The summed E-state index contributed by atoms with van der Waals surface area (Å²) in [5.74, 6) is 1.45. The summed E-state index contributed by atoms with van der Waals surface area (Å²) in [5, 5.41) is 6.84. The van der Waals surface area contributed by atoms with Gasteiger partial charge in [-0.25, -0.2) is 4.99 Å². The Kier molecular flexibility index (Phi) is 9.11. The second-order valence-corrected chi connectivity index (χ2v) is 7.47. The van der Waals surface area contributed by atoms with E-state index in [4.69, 9.17) is 0 Å². The number of nitrogens with zero attached hydrogens (tertiary/aromatic N) is 3. The van der Waals surface area contributed by atoms with Crippen LogP contribution in [0, 0.1) is 5.92 Å². The Hall–Kier alpha value is -1.30. The second kappa shape index (κ2) is 10.5. The molecular formula is C18H37N5O. The van der Waals surface area contributed by atoms with Crippen molar-refractivity contribution < 1.29 is 4.79 Å². The summed E-state index contributed by atoms with van der Waals surface area (Å²) in [6, 6.07) is 0.891. The van der Waals surface area contributed by atoms with Crippen molar-refractivity contribution in [3.63, 3.8) is 0 Å². The van der Waals surface area contributed by atoms with E-state index in [2.05, 4.69) is 48.2 Å². The molecule has 0 aromatic rings. The first-order valence-electron chi connectivity index (χ1n) is 9.32. The van der Waals surface area contributed by atoms with Crippen LogP contribution in [0.5, 0.6) is 0 Å². The average Bonchev–Trinajstić information content (AvgIpc) is 2.95. The fraction of sp³-hybridized carbons (Fsp3) is 0.889. The zero-order chi connectivity index (χ0) is 18.1. The summed E-state index contributed by atoms with van der Waals surface area (Å²) in [7, 11) is 3.52. The number of guanidine groups is 1. The Bertz CT molecular complexity index is 408. The van der Waals surface area contributed by atoms with E-state index >= 15 is 0 Å². The SMILES string of the molecule is CCC(C)NC(=NCC(=O)N(C)C)NC[C@H]1CCCN1CC(C)C. The summed E-state index contributed by atoms with van der Waals surface area (Å²) in [4.78, 5) is 20.4. The second-order valence-electron chi connectivity index (χ2n) is 7.47. The Morgan fingerprint density at radius 3 is 2.62 bits per heavy atom. The molecule has 6 heteroatoms. The number of rotatable bonds is 8. The van der Waals surface area contributed by atoms with Crippen molar-refractivity contribution in [1.82, 2.24) is 20.4 Å². The highest BCUT2D eigenvalue weighted by Gasteiger charge is 2.25. The van der Waals surface area contributed by atoms with Gasteiger partial charge in [0.15, 0.2) is 5.96 Å². The fourth-order valence-corrected chi connectivity index (χ4v) is 2.83. The number of likely N-dealkylation sites (N-methyl/N-ethyl adjacent to an activating group) is 1. The predicted molar refractivity (Wildman–Crippen MR) is 101 cm³/mol. The third-order valence-corrected chi connectivity index (χ3v) is 4.47. The first kappa shape index (κ1) is 20.7. The zero-order valence-electron chi connectivity index (χ0n) is 16.4. The normalized spacial score (nSPS) is 20.3. The lowest BCUT2D eigenvalue weighted by Gasteiger charge is -2.27. The van der Waals surface area contributed by atoms with Crippen molar-refractivity contribution in [2.75, 3.05) is 40.3 Å². The van der Waals surface area contributed by atoms with Gasteiger partial charge in [-0.3, -0.25) is 9.69 Å². The number of likely N-dealkylation sites (tertiary alicyclic amines) is 1. The molecule has 24 heavy (non-hydrogen) atoms. The van der Waals surface area contributed by atoms with Gasteiger partial charge < -0.3 is 15.5 Å². The largest absolute Gasteiger partial charge is 0.355 e. The van der Waals surface area contributed by atoms with E-state index in [0.717, 1.165) is 25.5 Å². The summed E-state index contributed by atoms with van der Waals surface area (Å²) >= 11 is 0. The van der Waals surface area contributed by atoms with E-state index in [-0.39, 0.29) is 12.5 Å². The monoisotopic (exact) mass is 339 g/mol. The van der Waals surface area contributed by atoms with Gasteiger partial charge in [0.05, 0.1) is 0 Å². The van der Waals surface area contributed by atoms with Crippen LogP contribution in [0.2, 0.25) is 0 Å². The quantitative estimate of drug-likeness (QED) is 0.520. The Morgan fingerprint density at radius 1 is 1.33 bits per heavy atom. The number of carbonyl (C=O) groups excluding carboxylic acids is 1. The molecule has 6 nitrogen and oxygen atoms in total. The van der Waals surface area contributed by atoms with Crippen LogP contribution >= 0.6 is 0 Å². The number of hydrogen-bond donors (Lipinski definition) is 2. The highest BCUT2D eigenvalue weighted by molar-refractivity contribution is 5.84. The van der Waals surface area contributed by atoms with Gasteiger partial charge in [0.25, 0.3) is 0 Å². The third kappa shape index (κ3) is 7.51. The lowest BCUT2D eigenvalue weighted by molar-refractivity contribution is -0.127. The molecule has 1 unspecified atom stereocenters. The smallest absolute Gasteiger partial charge is 0.243 e. The number of hydrogen-bond acceptors (Lipinski definition) is 3. The van der Waals surface area contributed by atoms with Crippen LogP contribution in [0.15, 0.2) is 4.99 Å². The van der Waals surface area contributed by atoms with Gasteiger partial charge in [-0.1, -0.05) is 20.8 Å². The summed E-state index contributed by atoms with van der Waals surface area (Å²) in [6.07, 6.45) is 3.52. The lowest BCUT2D eigenvalue weighted by Crippen LogP contribution is -2.48. The van der Waals surface area contributed by atoms with Gasteiger partial charge in [-0.05, 0) is 38.6 Å². The molecule has 0 radical (unpaired) electrons. The lowest BCUT2D eigenvalue weighted by atomic mass is 10.1. The van der Waals surface area contributed by atoms with Gasteiger partial charge in [0.1, 0.15) is 6.54 Å². The molecule has 1 rings (SSSR count). The van der Waals surface area contributed by atoms with Crippen molar-refractivity contribution in [2.24, 2.45) is 10.9 Å². The van der Waals surface area contributed by atoms with Crippen LogP contribution in [-0.2, 0) is 4.79 Å². The summed E-state index contributed by atoms with van der Waals surface area (Å²) in [6.45, 7) is 12.2. The minimum atomic E-state index is 0.0163. The number of aliphatic imine (C=N–C) groups is 1. The molecule has 1 amide bonds. The van der Waals surface area contributed by atoms with Gasteiger partial charge >= 0.3 is 0 Å². The number of amides is 1. The van der Waals surface area contributed by atoms with Crippen molar-refractivity contribution in [3.05, 3.63) is 0 Å². The molecule has 2 atom stereocenters. The van der Waals surface area contributed by atoms with Crippen molar-refractivity contribution in [2.45, 2.75) is 59.0 Å². The molecule has 1 aliphatic heterocycles. The van der Waals surface area contributed by atoms with Gasteiger partial charge in [0.2, 0.25) is 5.91 Å². The van der Waals surface area contributed by atoms with Crippen molar-refractivity contribution in [3.8, 4) is 0 Å². The first-order chi connectivity index (χ1) is 11.3. The van der Waals surface area contributed by atoms with Crippen molar-refractivity contribution >= 4 is 11.9 Å². The molecule has 1 heterocycles. The van der Waals surface area contributed by atoms with Crippen molar-refractivity contribution in [1.29, 1.82) is 0 Å². The van der Waals surface area contributed by atoms with Gasteiger partial charge in [-0.2, -0.15) is 0 Å². The van der Waals surface area contributed by atoms with Crippen LogP contribution in [-0.4, -0.2) is 74.0 Å². The van der Waals surface area contributed by atoms with E-state index in [1.165, 1.54) is 19.4 Å². The van der Waals surface area contributed by atoms with E-state index in [1.54, 1.807) is 19.0 Å². The maximum Gasteiger partial charge on any atom is 0.243 e. The maximum atomic E-state index is 11.8. The van der Waals surface area contributed by atoms with E-state index < -0.39 is 0 Å².